The van der Waals surface area contributed by atoms with E-state index >= 15 is 0 Å². The molecule has 4 aliphatic heterocycles. The van der Waals surface area contributed by atoms with E-state index in [-0.39, 0.29) is 90.3 Å². The third-order valence-corrected chi connectivity index (χ3v) is 15.7. The van der Waals surface area contributed by atoms with Crippen molar-refractivity contribution >= 4 is 34.8 Å². The summed E-state index contributed by atoms with van der Waals surface area (Å²) in [6, 6.07) is 17.4. The maximum absolute atomic E-state index is 14.4. The molecule has 0 bridgehead atoms. The molecule has 386 valence electrons. The zero-order chi connectivity index (χ0) is 52.5. The molecular formula is C55H60N8O11. The zero-order valence-electron chi connectivity index (χ0n) is 42.3. The first kappa shape index (κ1) is 49.8. The summed E-state index contributed by atoms with van der Waals surface area (Å²) in [6.07, 6.45) is 1.11. The van der Waals surface area contributed by atoms with E-state index in [1.54, 1.807) is 59.4 Å². The highest BCUT2D eigenvalue weighted by Gasteiger charge is 2.47. The highest BCUT2D eigenvalue weighted by molar-refractivity contribution is 5.93. The summed E-state index contributed by atoms with van der Waals surface area (Å²) < 4.78 is 14.9. The second kappa shape index (κ2) is 18.9. The van der Waals surface area contributed by atoms with E-state index in [0.29, 0.717) is 84.8 Å². The van der Waals surface area contributed by atoms with Gasteiger partial charge in [0.05, 0.1) is 40.1 Å². The normalized spacial score (nSPS) is 20.5. The molecular weight excluding hydrogens is 949 g/mol. The number of phenolic OH excluding ortho intramolecular Hbond substituents is 2. The van der Waals surface area contributed by atoms with E-state index in [0.717, 1.165) is 22.1 Å². The number of nitrogens with zero attached hydrogens (tertiary/aromatic N) is 7. The number of carboxylic acid groups (broad SMARTS) is 1. The van der Waals surface area contributed by atoms with E-state index in [9.17, 15) is 44.4 Å². The number of fused-ring (bicyclic) bond motifs is 5. The molecule has 2 saturated heterocycles. The molecule has 3 amide bonds. The van der Waals surface area contributed by atoms with Gasteiger partial charge in [0.15, 0.2) is 11.4 Å². The summed E-state index contributed by atoms with van der Waals surface area (Å²) in [7, 11) is 0. The van der Waals surface area contributed by atoms with Crippen LogP contribution in [0.1, 0.15) is 124 Å². The lowest BCUT2D eigenvalue weighted by atomic mass is 9.76. The summed E-state index contributed by atoms with van der Waals surface area (Å²) in [6.45, 7) is 12.6. The van der Waals surface area contributed by atoms with Gasteiger partial charge in [-0.2, -0.15) is 0 Å². The first-order valence-corrected chi connectivity index (χ1v) is 25.4. The molecule has 0 radical (unpaired) electrons. The molecule has 74 heavy (non-hydrogen) atoms. The Morgan fingerprint density at radius 1 is 0.919 bits per heavy atom. The molecule has 0 saturated carbocycles. The maximum Gasteiger partial charge on any atom is 0.408 e. The van der Waals surface area contributed by atoms with E-state index in [4.69, 9.17) is 14.5 Å². The number of benzene rings is 3. The van der Waals surface area contributed by atoms with E-state index < -0.39 is 35.0 Å². The second-order valence-electron chi connectivity index (χ2n) is 20.3. The van der Waals surface area contributed by atoms with Crippen LogP contribution in [0.3, 0.4) is 0 Å². The number of carbonyl (C=O) groups excluding carboxylic acids is 3. The number of cyclic esters (lactones) is 1. The van der Waals surface area contributed by atoms with E-state index in [2.05, 4.69) is 15.5 Å². The number of pyridine rings is 2. The fourth-order valence-corrected chi connectivity index (χ4v) is 11.6. The lowest BCUT2D eigenvalue weighted by Gasteiger charge is -2.47. The Balaban J connectivity index is 0.851. The summed E-state index contributed by atoms with van der Waals surface area (Å²) in [4.78, 5) is 75.6. The number of aliphatic hydroxyl groups is 1. The number of hydrogen-bond acceptors (Lipinski definition) is 13. The minimum atomic E-state index is -1.95. The fraction of sp³-hybridized carbons (Fsp3) is 0.418. The van der Waals surface area contributed by atoms with Crippen LogP contribution in [-0.2, 0) is 45.0 Å². The van der Waals surface area contributed by atoms with Crippen LogP contribution in [0.2, 0.25) is 0 Å². The molecule has 19 nitrogen and oxygen atoms in total. The van der Waals surface area contributed by atoms with Gasteiger partial charge in [-0.05, 0) is 111 Å². The van der Waals surface area contributed by atoms with Gasteiger partial charge in [-0.3, -0.25) is 23.9 Å². The van der Waals surface area contributed by atoms with Crippen LogP contribution in [0.4, 0.5) is 4.79 Å². The van der Waals surface area contributed by atoms with Crippen molar-refractivity contribution in [2.45, 2.75) is 116 Å². The summed E-state index contributed by atoms with van der Waals surface area (Å²) >= 11 is 0. The van der Waals surface area contributed by atoms with Crippen LogP contribution < -0.4 is 15.6 Å². The molecule has 0 aliphatic carbocycles. The number of phenols is 2. The van der Waals surface area contributed by atoms with Crippen molar-refractivity contribution in [1.29, 1.82) is 0 Å². The third-order valence-electron chi connectivity index (χ3n) is 15.7. The number of aryl methyl sites for hydroxylation is 1. The summed E-state index contributed by atoms with van der Waals surface area (Å²) in [5.74, 6) is -1.25. The van der Waals surface area contributed by atoms with Gasteiger partial charge in [0, 0.05) is 73.2 Å². The van der Waals surface area contributed by atoms with E-state index in [1.165, 1.54) is 11.0 Å². The van der Waals surface area contributed by atoms with Gasteiger partial charge in [-0.15, -0.1) is 10.2 Å². The number of carbonyl (C=O) groups is 4. The predicted octanol–water partition coefficient (Wildman–Crippen LogP) is 6.85. The number of nitrogens with one attached hydrogen (secondary N) is 1. The summed E-state index contributed by atoms with van der Waals surface area (Å²) in [5.41, 5.74) is 2.81. The molecule has 2 unspecified atom stereocenters. The topological polar surface area (TPSA) is 252 Å². The van der Waals surface area contributed by atoms with Crippen LogP contribution >= 0.6 is 0 Å². The average molecular weight is 1010 g/mol. The lowest BCUT2D eigenvalue weighted by Crippen LogP contribution is -2.55. The van der Waals surface area contributed by atoms with Gasteiger partial charge < -0.3 is 44.7 Å². The Morgan fingerprint density at radius 2 is 1.66 bits per heavy atom. The van der Waals surface area contributed by atoms with Crippen molar-refractivity contribution in [1.82, 2.24) is 39.4 Å². The molecule has 19 heteroatoms. The van der Waals surface area contributed by atoms with Crippen molar-refractivity contribution in [2.24, 2.45) is 5.92 Å². The number of rotatable bonds is 11. The van der Waals surface area contributed by atoms with Gasteiger partial charge in [0.2, 0.25) is 11.7 Å². The Bertz CT molecular complexity index is 3340. The molecule has 4 aliphatic rings. The van der Waals surface area contributed by atoms with Crippen molar-refractivity contribution in [3.8, 4) is 45.7 Å². The smallest absolute Gasteiger partial charge is 0.408 e. The Hall–Kier alpha value is -7.80. The first-order chi connectivity index (χ1) is 35.4. The molecule has 2 fully saturated rings. The van der Waals surface area contributed by atoms with Gasteiger partial charge in [-0.25, -0.2) is 14.6 Å². The Kier molecular flexibility index (Phi) is 12.7. The highest BCUT2D eigenvalue weighted by Crippen LogP contribution is 2.45. The van der Waals surface area contributed by atoms with Gasteiger partial charge in [-0.1, -0.05) is 33.8 Å². The number of ether oxygens (including phenoxy) is 2. The minimum Gasteiger partial charge on any atom is -0.508 e. The monoisotopic (exact) mass is 1010 g/mol. The van der Waals surface area contributed by atoms with Gasteiger partial charge in [0.25, 0.3) is 11.5 Å². The molecule has 3 aromatic carbocycles. The van der Waals surface area contributed by atoms with Crippen molar-refractivity contribution in [3.05, 3.63) is 110 Å². The van der Waals surface area contributed by atoms with Gasteiger partial charge >= 0.3 is 12.1 Å². The SMILES string of the molecule is CCNC(=O)c1nnc(-c2cc(C(C)C)c(O)cc2O)n1-c1ccc(OC2CCN(C(=O)C3CCN(C(=O)O)[C@](C)(c4ccc5nc6c(c(CC)c5c4)Cn4c-6cc5c(c4=O)COC(=O)C5(O)CC)C3)CC2)cc1. The molecule has 6 aromatic rings. The van der Waals surface area contributed by atoms with Gasteiger partial charge in [0.1, 0.15) is 30.0 Å². The number of likely N-dealkylation sites (tertiary alicyclic amines) is 2. The standard InChI is InChI=1S/C55H60N8O11/c1-7-35-37-22-31(10-15-42(37)57-46-39(35)27-61-43(46)24-41-40(51(61)68)28-73-52(69)55(41,72)8-2)54(6)26-30(16-21-62(54)53(70)71)50(67)60-19-17-34(18-20-60)74-33-13-11-32(12-14-33)63-47(58-59-48(63)49(66)56-9-3)38-23-36(29(4)5)44(64)25-45(38)65/h10-15,22-25,29-30,34,64-65,72H,7-9,16-21,26-28H2,1-6H3,(H,56,66)(H,70,71)/t30?,54-,55?/m0/s1. The predicted molar refractivity (Wildman–Crippen MR) is 271 cm³/mol. The molecule has 3 aromatic heterocycles. The van der Waals surface area contributed by atoms with Crippen LogP contribution in [-0.4, -0.2) is 111 Å². The zero-order valence-corrected chi connectivity index (χ0v) is 42.3. The van der Waals surface area contributed by atoms with Crippen LogP contribution in [0, 0.1) is 5.92 Å². The molecule has 10 rings (SSSR count). The summed E-state index contributed by atoms with van der Waals surface area (Å²) in [5, 5.41) is 55.5. The van der Waals surface area contributed by atoms with Crippen molar-refractivity contribution in [3.63, 3.8) is 0 Å². The molecule has 3 atom stereocenters. The second-order valence-corrected chi connectivity index (χ2v) is 20.3. The molecule has 7 heterocycles. The fourth-order valence-electron chi connectivity index (χ4n) is 11.6. The minimum absolute atomic E-state index is 0.0130. The Labute approximate surface area is 426 Å². The number of aromatic nitrogens is 5. The number of piperidine rings is 2. The number of hydrogen-bond donors (Lipinski definition) is 5. The molecule has 5 N–H and O–H groups in total. The highest BCUT2D eigenvalue weighted by atomic mass is 16.6. The third kappa shape index (κ3) is 8.17. The van der Waals surface area contributed by atoms with Crippen LogP contribution in [0.15, 0.2) is 65.5 Å². The average Bonchev–Trinajstić information content (AvgIpc) is 4.00. The van der Waals surface area contributed by atoms with Crippen LogP contribution in [0.5, 0.6) is 17.2 Å². The van der Waals surface area contributed by atoms with Crippen molar-refractivity contribution < 1.29 is 49.1 Å². The van der Waals surface area contributed by atoms with E-state index in [1.807, 2.05) is 50.8 Å². The first-order valence-electron chi connectivity index (χ1n) is 25.4. The number of amides is 3. The lowest BCUT2D eigenvalue weighted by molar-refractivity contribution is -0.172. The largest absolute Gasteiger partial charge is 0.508 e. The molecule has 0 spiro atoms. The maximum atomic E-state index is 14.4. The number of esters is 1. The van der Waals surface area contributed by atoms with Crippen LogP contribution in [0.25, 0.3) is 39.4 Å². The quantitative estimate of drug-likeness (QED) is 0.0832. The number of aromatic hydroxyl groups is 2. The van der Waals surface area contributed by atoms with Crippen molar-refractivity contribution in [2.75, 3.05) is 26.2 Å². The Morgan fingerprint density at radius 3 is 2.34 bits per heavy atom.